The highest BCUT2D eigenvalue weighted by atomic mass is 32.2. The van der Waals surface area contributed by atoms with E-state index in [2.05, 4.69) is 18.9 Å². The second kappa shape index (κ2) is 19.3. The Bertz CT molecular complexity index is 1940. The fraction of sp³-hybridized carbons (Fsp3) is 0.550. The first-order valence-corrected chi connectivity index (χ1v) is 20.6. The van der Waals surface area contributed by atoms with E-state index in [0.717, 1.165) is 0 Å². The fourth-order valence-electron chi connectivity index (χ4n) is 5.40. The summed E-state index contributed by atoms with van der Waals surface area (Å²) in [5.41, 5.74) is -2.41. The molecule has 59 heavy (non-hydrogen) atoms. The number of carboxylic acids is 1. The average molecular weight is 873 g/mol. The molecule has 0 unspecified atom stereocenters. The molecule has 0 amide bonds. The fourth-order valence-corrected chi connectivity index (χ4v) is 7.19. The number of carbonyl (C=O) groups is 6. The summed E-state index contributed by atoms with van der Waals surface area (Å²) < 4.78 is 77.1. The van der Waals surface area contributed by atoms with Crippen LogP contribution in [0.5, 0.6) is 0 Å². The standard InChI is InChI=1S/C20H26FNO6S.C14H20FNO3S.C6H8O4/c1-18(2,3)29(26)22-20(6,12-9-7-8-10-13(12)21)11-14(23)15-16(24)27-19(4,5)28-17(15)25;1-13(2,3)20(19)16-14(4,9-12(17)18)10-7-5-6-8-11(10)15;1-6(2)9-4(7)3-5(8)10-6/h7-10,15,22H,11H2,1-6H3;5-8,16H,9H2,1-4H3,(H,17,18);3H2,1-2H3/t20-,29+;14-,20+;/m00./s1. The van der Waals surface area contributed by atoms with Crippen molar-refractivity contribution in [1.29, 1.82) is 0 Å². The normalized spacial score (nSPS) is 19.6. The Labute approximate surface area is 347 Å². The first-order chi connectivity index (χ1) is 26.7. The molecular formula is C40H54F2N2O13S2. The van der Waals surface area contributed by atoms with Crippen LogP contribution in [0.4, 0.5) is 8.78 Å². The first kappa shape index (κ1) is 50.7. The van der Waals surface area contributed by atoms with Gasteiger partial charge in [-0.05, 0) is 67.5 Å². The molecule has 0 aromatic heterocycles. The molecule has 2 fully saturated rings. The lowest BCUT2D eigenvalue weighted by Crippen LogP contribution is -2.52. The lowest BCUT2D eigenvalue weighted by molar-refractivity contribution is -0.239. The van der Waals surface area contributed by atoms with Gasteiger partial charge < -0.3 is 24.1 Å². The van der Waals surface area contributed by atoms with E-state index < -0.39 is 114 Å². The summed E-state index contributed by atoms with van der Waals surface area (Å²) in [6, 6.07) is 11.7. The van der Waals surface area contributed by atoms with Gasteiger partial charge in [-0.3, -0.25) is 28.8 Å². The molecule has 0 bridgehead atoms. The highest BCUT2D eigenvalue weighted by Gasteiger charge is 2.49. The highest BCUT2D eigenvalue weighted by Crippen LogP contribution is 2.33. The van der Waals surface area contributed by atoms with Crippen LogP contribution in [0.1, 0.15) is 113 Å². The van der Waals surface area contributed by atoms with Crippen molar-refractivity contribution in [2.45, 2.75) is 134 Å². The monoisotopic (exact) mass is 872 g/mol. The third-order valence-corrected chi connectivity index (χ3v) is 11.7. The van der Waals surface area contributed by atoms with E-state index in [9.17, 15) is 46.0 Å². The van der Waals surface area contributed by atoms with E-state index >= 15 is 0 Å². The molecule has 19 heteroatoms. The third kappa shape index (κ3) is 14.9. The molecule has 3 N–H and O–H groups in total. The average Bonchev–Trinajstić information content (AvgIpc) is 3.02. The molecule has 15 nitrogen and oxygen atoms in total. The van der Waals surface area contributed by atoms with Crippen molar-refractivity contribution in [2.24, 2.45) is 5.92 Å². The van der Waals surface area contributed by atoms with Gasteiger partial charge in [-0.25, -0.2) is 26.6 Å². The van der Waals surface area contributed by atoms with Crippen LogP contribution in [0.25, 0.3) is 0 Å². The summed E-state index contributed by atoms with van der Waals surface area (Å²) in [5.74, 6) is -10.5. The van der Waals surface area contributed by atoms with Crippen LogP contribution in [-0.2, 0) is 80.8 Å². The molecule has 2 aromatic carbocycles. The Kier molecular flexibility index (Phi) is 16.6. The number of halogens is 2. The van der Waals surface area contributed by atoms with E-state index in [-0.39, 0.29) is 24.0 Å². The van der Waals surface area contributed by atoms with Crippen molar-refractivity contribution in [3.63, 3.8) is 0 Å². The van der Waals surface area contributed by atoms with Crippen molar-refractivity contribution in [2.75, 3.05) is 0 Å². The number of nitrogens with one attached hydrogen (secondary N) is 2. The van der Waals surface area contributed by atoms with Crippen LogP contribution >= 0.6 is 0 Å². The van der Waals surface area contributed by atoms with E-state index in [1.54, 1.807) is 60.6 Å². The van der Waals surface area contributed by atoms with Gasteiger partial charge >= 0.3 is 29.8 Å². The number of rotatable bonds is 11. The Morgan fingerprint density at radius 2 is 1.00 bits per heavy atom. The van der Waals surface area contributed by atoms with E-state index in [1.807, 2.05) is 0 Å². The van der Waals surface area contributed by atoms with E-state index in [1.165, 1.54) is 71.0 Å². The number of ketones is 1. The Morgan fingerprint density at radius 3 is 1.32 bits per heavy atom. The van der Waals surface area contributed by atoms with Crippen LogP contribution in [0.3, 0.4) is 0 Å². The molecule has 328 valence electrons. The summed E-state index contributed by atoms with van der Waals surface area (Å²) in [6.45, 7) is 19.3. The van der Waals surface area contributed by atoms with Crippen LogP contribution in [0.15, 0.2) is 48.5 Å². The molecular weight excluding hydrogens is 819 g/mol. The maximum Gasteiger partial charge on any atom is 0.331 e. The molecule has 2 aliphatic heterocycles. The van der Waals surface area contributed by atoms with Gasteiger partial charge in [-0.2, -0.15) is 0 Å². The number of esters is 4. The lowest BCUT2D eigenvalue weighted by Gasteiger charge is -2.36. The summed E-state index contributed by atoms with van der Waals surface area (Å²) in [5, 5.41) is 9.06. The molecule has 2 aliphatic rings. The summed E-state index contributed by atoms with van der Waals surface area (Å²) >= 11 is 0. The van der Waals surface area contributed by atoms with Crippen molar-refractivity contribution in [1.82, 2.24) is 9.44 Å². The lowest BCUT2D eigenvalue weighted by atomic mass is 9.84. The van der Waals surface area contributed by atoms with Gasteiger partial charge in [0.15, 0.2) is 5.78 Å². The third-order valence-electron chi connectivity index (χ3n) is 8.21. The molecule has 0 saturated carbocycles. The van der Waals surface area contributed by atoms with Crippen molar-refractivity contribution in [3.05, 3.63) is 71.3 Å². The quantitative estimate of drug-likeness (QED) is 0.194. The van der Waals surface area contributed by atoms with Gasteiger partial charge in [0.2, 0.25) is 5.92 Å². The van der Waals surface area contributed by atoms with Gasteiger partial charge in [0.25, 0.3) is 11.6 Å². The number of hydrogen-bond acceptors (Lipinski definition) is 12. The summed E-state index contributed by atoms with van der Waals surface area (Å²) in [6.07, 6.45) is -1.12. The Hall–Kier alpha value is -4.46. The first-order valence-electron chi connectivity index (χ1n) is 18.3. The van der Waals surface area contributed by atoms with Crippen LogP contribution < -0.4 is 9.44 Å². The molecule has 4 rings (SSSR count). The maximum atomic E-state index is 14.5. The minimum absolute atomic E-state index is 0.0869. The summed E-state index contributed by atoms with van der Waals surface area (Å²) in [4.78, 5) is 69.6. The second-order valence-corrected chi connectivity index (χ2v) is 20.9. The van der Waals surface area contributed by atoms with Crippen molar-refractivity contribution < 1.29 is 70.0 Å². The molecule has 4 atom stereocenters. The van der Waals surface area contributed by atoms with Crippen molar-refractivity contribution >= 4 is 57.6 Å². The minimum Gasteiger partial charge on any atom is -0.481 e. The van der Waals surface area contributed by atoms with E-state index in [4.69, 9.17) is 14.6 Å². The van der Waals surface area contributed by atoms with Gasteiger partial charge in [0.1, 0.15) is 18.1 Å². The molecule has 2 aromatic rings. The van der Waals surface area contributed by atoms with E-state index in [0.29, 0.717) is 0 Å². The smallest absolute Gasteiger partial charge is 0.331 e. The second-order valence-electron chi connectivity index (χ2n) is 17.0. The van der Waals surface area contributed by atoms with Gasteiger partial charge in [0, 0.05) is 45.2 Å². The number of hydrogen-bond donors (Lipinski definition) is 3. The molecule has 2 saturated heterocycles. The predicted octanol–water partition coefficient (Wildman–Crippen LogP) is 5.28. The number of carboxylic acid groups (broad SMARTS) is 1. The largest absolute Gasteiger partial charge is 0.481 e. The molecule has 2 heterocycles. The van der Waals surface area contributed by atoms with Crippen LogP contribution in [-0.4, -0.2) is 70.2 Å². The molecule has 0 spiro atoms. The zero-order valence-electron chi connectivity index (χ0n) is 35.2. The topological polar surface area (TPSA) is 218 Å². The number of ether oxygens (including phenoxy) is 4. The van der Waals surface area contributed by atoms with Gasteiger partial charge in [-0.15, -0.1) is 0 Å². The number of aliphatic carboxylic acids is 1. The number of benzene rings is 2. The maximum absolute atomic E-state index is 14.5. The highest BCUT2D eigenvalue weighted by molar-refractivity contribution is 7.84. The Balaban J connectivity index is 0.000000343. The number of carbonyl (C=O) groups excluding carboxylic acids is 5. The SMILES string of the molecule is CC(C)(C)[S@@](=O)N[C@@](C)(CC(=O)O)c1ccccc1F.CC1(C)OC(=O)C(C(=O)C[C@](C)(N[S@](=O)C(C)(C)C)c2ccccc2F)C(=O)O1.CC1(C)OC(=O)CC(=O)O1. The zero-order valence-corrected chi connectivity index (χ0v) is 36.9. The molecule has 0 aliphatic carbocycles. The number of Topliss-reactive ketones (excluding diaryl/α,β-unsaturated/α-hetero) is 1. The van der Waals surface area contributed by atoms with Crippen LogP contribution in [0, 0.1) is 17.6 Å². The molecule has 0 radical (unpaired) electrons. The minimum atomic E-state index is -1.78. The van der Waals surface area contributed by atoms with Gasteiger partial charge in [-0.1, -0.05) is 36.4 Å². The summed E-state index contributed by atoms with van der Waals surface area (Å²) in [7, 11) is -3.18. The zero-order chi connectivity index (χ0) is 45.5. The van der Waals surface area contributed by atoms with Gasteiger partial charge in [0.05, 0.1) is 49.0 Å². The predicted molar refractivity (Wildman–Crippen MR) is 212 cm³/mol. The van der Waals surface area contributed by atoms with Crippen molar-refractivity contribution in [3.8, 4) is 0 Å². The Morgan fingerprint density at radius 1 is 0.661 bits per heavy atom. The van der Waals surface area contributed by atoms with Crippen LogP contribution in [0.2, 0.25) is 0 Å². The number of cyclic esters (lactones) is 4.